The molecule has 0 aliphatic carbocycles. The van der Waals surface area contributed by atoms with Gasteiger partial charge in [-0.15, -0.1) is 0 Å². The summed E-state index contributed by atoms with van der Waals surface area (Å²) in [5.74, 6) is 1.81. The quantitative estimate of drug-likeness (QED) is 0.277. The zero-order valence-corrected chi connectivity index (χ0v) is 24.1. The van der Waals surface area contributed by atoms with Crippen LogP contribution in [0.5, 0.6) is 5.75 Å². The number of hydrogen-bond donors (Lipinski definition) is 0. The summed E-state index contributed by atoms with van der Waals surface area (Å²) >= 11 is 1.69. The lowest BCUT2D eigenvalue weighted by atomic mass is 9.93. The van der Waals surface area contributed by atoms with Crippen LogP contribution in [0.25, 0.3) is 10.2 Å². The summed E-state index contributed by atoms with van der Waals surface area (Å²) in [7, 11) is 0. The van der Waals surface area contributed by atoms with E-state index < -0.39 is 0 Å². The molecule has 0 atom stereocenters. The van der Waals surface area contributed by atoms with E-state index in [1.807, 2.05) is 18.2 Å². The number of fused-ring (bicyclic) bond motifs is 3. The Kier molecular flexibility index (Phi) is 7.53. The highest BCUT2D eigenvalue weighted by Crippen LogP contribution is 2.32. The van der Waals surface area contributed by atoms with Crippen molar-refractivity contribution in [3.8, 4) is 5.75 Å². The Hall–Kier alpha value is -3.40. The lowest BCUT2D eigenvalue weighted by molar-refractivity contribution is -0.633. The summed E-state index contributed by atoms with van der Waals surface area (Å²) in [5, 5.41) is 5.07. The molecule has 2 aliphatic rings. The molecule has 0 N–H and O–H groups in total. The van der Waals surface area contributed by atoms with Crippen LogP contribution in [0.4, 0.5) is 5.13 Å². The highest BCUT2D eigenvalue weighted by Gasteiger charge is 2.30. The number of nitrogens with zero attached hydrogens (tertiary/aromatic N) is 4. The van der Waals surface area contributed by atoms with Crippen molar-refractivity contribution < 1.29 is 23.4 Å². The van der Waals surface area contributed by atoms with E-state index in [1.165, 1.54) is 10.2 Å². The summed E-state index contributed by atoms with van der Waals surface area (Å²) in [6, 6.07) is 16.4. The average Bonchev–Trinajstić information content (AvgIpc) is 3.64. The lowest BCUT2D eigenvalue weighted by Gasteiger charge is -2.26. The van der Waals surface area contributed by atoms with Crippen molar-refractivity contribution in [3.63, 3.8) is 0 Å². The molecule has 4 heterocycles. The van der Waals surface area contributed by atoms with Gasteiger partial charge in [-0.1, -0.05) is 50.2 Å². The van der Waals surface area contributed by atoms with Crippen LogP contribution in [-0.2, 0) is 34.3 Å². The van der Waals surface area contributed by atoms with Crippen molar-refractivity contribution in [2.45, 2.75) is 45.6 Å². The van der Waals surface area contributed by atoms with Gasteiger partial charge >= 0.3 is 5.13 Å². The van der Waals surface area contributed by atoms with Crippen LogP contribution in [-0.4, -0.2) is 61.0 Å². The molecule has 0 bridgehead atoms. The fourth-order valence-electron chi connectivity index (χ4n) is 5.01. The highest BCUT2D eigenvalue weighted by molar-refractivity contribution is 7.21. The minimum Gasteiger partial charge on any atom is -0.492 e. The first-order valence-corrected chi connectivity index (χ1v) is 14.7. The molecule has 1 fully saturated rings. The molecule has 0 spiro atoms. The van der Waals surface area contributed by atoms with E-state index >= 15 is 0 Å². The number of carbonyl (C=O) groups excluding carboxylic acids is 1. The smallest absolute Gasteiger partial charge is 0.384 e. The molecule has 0 unspecified atom stereocenters. The molecule has 1 saturated heterocycles. The van der Waals surface area contributed by atoms with Crippen LogP contribution in [0.2, 0.25) is 0 Å². The third-order valence-corrected chi connectivity index (χ3v) is 8.38. The zero-order valence-electron chi connectivity index (χ0n) is 23.3. The van der Waals surface area contributed by atoms with E-state index in [2.05, 4.69) is 65.7 Å². The molecule has 2 aliphatic heterocycles. The number of aromatic nitrogens is 2. The van der Waals surface area contributed by atoms with Crippen LogP contribution in [0, 0.1) is 0 Å². The molecule has 4 aromatic rings. The van der Waals surface area contributed by atoms with Gasteiger partial charge in [-0.05, 0) is 34.0 Å². The number of ketones is 1. The molecule has 0 radical (unpaired) electrons. The SMILES string of the molecule is CC(C)(C)c1cc(CC(=O)Cc2ccc(C3=Nc4sc5cc(OCCN6CCOCC6)ccc5[n+]4C3)cc2)no1. The number of ether oxygens (including phenoxy) is 2. The maximum absolute atomic E-state index is 12.7. The maximum atomic E-state index is 12.7. The minimum atomic E-state index is -0.123. The average molecular weight is 560 g/mol. The van der Waals surface area contributed by atoms with Crippen LogP contribution in [0.3, 0.4) is 0 Å². The molecular weight excluding hydrogens is 524 g/mol. The van der Waals surface area contributed by atoms with Crippen LogP contribution in [0.15, 0.2) is 58.0 Å². The molecule has 8 nitrogen and oxygen atoms in total. The van der Waals surface area contributed by atoms with Gasteiger partial charge in [0, 0.05) is 49.2 Å². The Labute approximate surface area is 238 Å². The molecule has 40 heavy (non-hydrogen) atoms. The summed E-state index contributed by atoms with van der Waals surface area (Å²) in [5.41, 5.74) is 4.84. The van der Waals surface area contributed by atoms with Crippen molar-refractivity contribution in [1.29, 1.82) is 0 Å². The Morgan fingerprint density at radius 2 is 1.88 bits per heavy atom. The summed E-state index contributed by atoms with van der Waals surface area (Å²) in [6.45, 7) is 12.1. The second-order valence-corrected chi connectivity index (χ2v) is 12.5. The second-order valence-electron chi connectivity index (χ2n) is 11.5. The summed E-state index contributed by atoms with van der Waals surface area (Å²) < 4.78 is 20.3. The Balaban J connectivity index is 1.05. The number of aliphatic imine (C=N–C) groups is 1. The van der Waals surface area contributed by atoms with Gasteiger partial charge in [0.25, 0.3) is 0 Å². The first-order chi connectivity index (χ1) is 19.3. The van der Waals surface area contributed by atoms with E-state index in [0.29, 0.717) is 18.7 Å². The number of hydrogen-bond acceptors (Lipinski definition) is 8. The van der Waals surface area contributed by atoms with E-state index in [4.69, 9.17) is 19.0 Å². The number of thiazole rings is 1. The monoisotopic (exact) mass is 559 g/mol. The van der Waals surface area contributed by atoms with Crippen LogP contribution in [0.1, 0.15) is 43.4 Å². The first kappa shape index (κ1) is 26.8. The normalized spacial score (nSPS) is 15.8. The van der Waals surface area contributed by atoms with E-state index in [9.17, 15) is 4.79 Å². The second kappa shape index (κ2) is 11.2. The molecule has 0 amide bonds. The van der Waals surface area contributed by atoms with Crippen molar-refractivity contribution in [3.05, 3.63) is 71.1 Å². The predicted molar refractivity (Wildman–Crippen MR) is 155 cm³/mol. The topological polar surface area (TPSA) is 81.0 Å². The van der Waals surface area contributed by atoms with Gasteiger partial charge in [0.2, 0.25) is 5.71 Å². The first-order valence-electron chi connectivity index (χ1n) is 13.9. The van der Waals surface area contributed by atoms with Crippen molar-refractivity contribution in [1.82, 2.24) is 10.1 Å². The fourth-order valence-corrected chi connectivity index (χ4v) is 6.09. The van der Waals surface area contributed by atoms with Gasteiger partial charge < -0.3 is 14.0 Å². The number of carbonyl (C=O) groups is 1. The Morgan fingerprint density at radius 1 is 1.07 bits per heavy atom. The lowest BCUT2D eigenvalue weighted by Crippen LogP contribution is -2.38. The van der Waals surface area contributed by atoms with E-state index in [-0.39, 0.29) is 17.6 Å². The number of Topliss-reactive ketones (excluding diaryl/α,β-unsaturated/α-hetero) is 1. The molecular formula is C31H35N4O4S+. The fraction of sp³-hybridized carbons (Fsp3) is 0.419. The Bertz CT molecular complexity index is 1540. The molecule has 208 valence electrons. The highest BCUT2D eigenvalue weighted by atomic mass is 32.1. The third kappa shape index (κ3) is 6.01. The molecule has 6 rings (SSSR count). The Morgan fingerprint density at radius 3 is 2.62 bits per heavy atom. The molecule has 0 saturated carbocycles. The number of benzene rings is 2. The van der Waals surface area contributed by atoms with Gasteiger partial charge in [-0.25, -0.2) is 4.57 Å². The predicted octanol–water partition coefficient (Wildman–Crippen LogP) is 4.67. The number of rotatable bonds is 9. The standard InChI is InChI=1S/C31H35N4O4S/c1-31(2,3)29-18-23(33-39-29)17-24(36)16-21-4-6-22(7-5-21)26-20-35-27-9-8-25(19-28(27)40-30(35)32-26)38-15-12-34-10-13-37-14-11-34/h4-9,18-19H,10-17,20H2,1-3H3/q+1. The van der Waals surface area contributed by atoms with Crippen molar-refractivity contribution in [2.24, 2.45) is 4.99 Å². The van der Waals surface area contributed by atoms with Gasteiger partial charge in [-0.3, -0.25) is 9.69 Å². The van der Waals surface area contributed by atoms with Crippen molar-refractivity contribution >= 4 is 38.2 Å². The molecule has 2 aromatic heterocycles. The van der Waals surface area contributed by atoms with E-state index in [1.54, 1.807) is 11.3 Å². The van der Waals surface area contributed by atoms with Gasteiger partial charge in [0.15, 0.2) is 6.54 Å². The molecule has 9 heteroatoms. The number of morpholine rings is 1. The van der Waals surface area contributed by atoms with Crippen LogP contribution >= 0.6 is 11.3 Å². The largest absolute Gasteiger partial charge is 0.492 e. The summed E-state index contributed by atoms with van der Waals surface area (Å²) in [4.78, 5) is 20.0. The summed E-state index contributed by atoms with van der Waals surface area (Å²) in [6.07, 6.45) is 0.645. The van der Waals surface area contributed by atoms with Crippen molar-refractivity contribution in [2.75, 3.05) is 39.5 Å². The molecule has 2 aromatic carbocycles. The van der Waals surface area contributed by atoms with Gasteiger partial charge in [0.1, 0.15) is 29.4 Å². The minimum absolute atomic E-state index is 0.119. The van der Waals surface area contributed by atoms with Gasteiger partial charge in [0.05, 0.1) is 30.0 Å². The van der Waals surface area contributed by atoms with Crippen LogP contribution < -0.4 is 9.30 Å². The van der Waals surface area contributed by atoms with Gasteiger partial charge in [-0.2, -0.15) is 0 Å². The third-order valence-electron chi connectivity index (χ3n) is 7.34. The van der Waals surface area contributed by atoms with E-state index in [0.717, 1.165) is 72.9 Å². The zero-order chi connectivity index (χ0) is 27.7. The maximum Gasteiger partial charge on any atom is 0.384 e.